The van der Waals surface area contributed by atoms with Gasteiger partial charge in [0.15, 0.2) is 5.60 Å². The van der Waals surface area contributed by atoms with Gasteiger partial charge in [-0.15, -0.1) is 0 Å². The lowest BCUT2D eigenvalue weighted by Gasteiger charge is -2.51. The quantitative estimate of drug-likeness (QED) is 0.215. The Labute approximate surface area is 292 Å². The van der Waals surface area contributed by atoms with E-state index in [1.165, 1.54) is 39.6 Å². The monoisotopic (exact) mass is 742 g/mol. The second-order valence-corrected chi connectivity index (χ2v) is 12.5. The van der Waals surface area contributed by atoms with Crippen molar-refractivity contribution in [3.05, 3.63) is 70.8 Å². The van der Waals surface area contributed by atoms with E-state index in [0.29, 0.717) is 19.6 Å². The lowest BCUT2D eigenvalue weighted by Crippen LogP contribution is -2.68. The molecule has 2 saturated heterocycles. The maximum atomic E-state index is 12.6. The fraction of sp³-hybridized carbons (Fsp3) is 0.600. The first-order chi connectivity index (χ1) is 22.6. The zero-order valence-corrected chi connectivity index (χ0v) is 31.5. The average molecular weight is 744 g/mol. The SMILES string of the molecule is COC1(C)OC(=O)CO[C@@]1(C)OC.COCc1ccc(CBr)cc1.COCc1ccc(CC2(C)O[C@@](C)(OC)C(C)(OC)OC2=O)cc1. The zero-order valence-electron chi connectivity index (χ0n) is 29.9. The second-order valence-electron chi connectivity index (χ2n) is 11.9. The normalized spacial score (nSPS) is 29.8. The van der Waals surface area contributed by atoms with Crippen LogP contribution in [0.4, 0.5) is 0 Å². The van der Waals surface area contributed by atoms with Gasteiger partial charge in [-0.2, -0.15) is 0 Å². The van der Waals surface area contributed by atoms with Crippen molar-refractivity contribution in [3.8, 4) is 0 Å². The molecule has 0 spiro atoms. The molecule has 0 amide bonds. The van der Waals surface area contributed by atoms with Crippen LogP contribution in [0.2, 0.25) is 0 Å². The Bertz CT molecular complexity index is 1310. The molecule has 2 aliphatic heterocycles. The number of hydrogen-bond donors (Lipinski definition) is 0. The molecule has 13 heteroatoms. The molecule has 5 atom stereocenters. The maximum Gasteiger partial charge on any atom is 0.341 e. The molecule has 2 aromatic rings. The molecule has 3 unspecified atom stereocenters. The maximum absolute atomic E-state index is 12.6. The molecule has 48 heavy (non-hydrogen) atoms. The summed E-state index contributed by atoms with van der Waals surface area (Å²) in [6, 6.07) is 16.2. The van der Waals surface area contributed by atoms with E-state index in [2.05, 4.69) is 40.2 Å². The summed E-state index contributed by atoms with van der Waals surface area (Å²) in [5.74, 6) is -5.74. The zero-order chi connectivity index (χ0) is 36.2. The molecule has 2 aromatic carbocycles. The number of hydrogen-bond acceptors (Lipinski definition) is 12. The van der Waals surface area contributed by atoms with Gasteiger partial charge in [0.25, 0.3) is 11.6 Å². The number of cyclic esters (lactones) is 2. The van der Waals surface area contributed by atoms with Crippen LogP contribution in [0.15, 0.2) is 48.5 Å². The van der Waals surface area contributed by atoms with Gasteiger partial charge in [0.1, 0.15) is 6.61 Å². The lowest BCUT2D eigenvalue weighted by molar-refractivity contribution is -0.420. The summed E-state index contributed by atoms with van der Waals surface area (Å²) in [5.41, 5.74) is 3.36. The van der Waals surface area contributed by atoms with E-state index in [0.717, 1.165) is 16.5 Å². The Kier molecular flexibility index (Phi) is 15.6. The molecule has 0 radical (unpaired) electrons. The van der Waals surface area contributed by atoms with Crippen LogP contribution in [0.1, 0.15) is 56.9 Å². The molecule has 0 N–H and O–H groups in total. The third-order valence-corrected chi connectivity index (χ3v) is 9.13. The van der Waals surface area contributed by atoms with Gasteiger partial charge < -0.3 is 47.4 Å². The van der Waals surface area contributed by atoms with E-state index < -0.39 is 40.7 Å². The van der Waals surface area contributed by atoms with Crippen LogP contribution in [0.25, 0.3) is 0 Å². The van der Waals surface area contributed by atoms with Gasteiger partial charge in [0, 0.05) is 68.3 Å². The Morgan fingerprint density at radius 1 is 0.604 bits per heavy atom. The first-order valence-corrected chi connectivity index (χ1v) is 16.4. The summed E-state index contributed by atoms with van der Waals surface area (Å²) < 4.78 is 52.9. The number of rotatable bonds is 11. The third kappa shape index (κ3) is 10.1. The van der Waals surface area contributed by atoms with Gasteiger partial charge in [-0.3, -0.25) is 0 Å². The molecular formula is C35H51BrO12. The Morgan fingerprint density at radius 3 is 1.44 bits per heavy atom. The second kappa shape index (κ2) is 18.0. The van der Waals surface area contributed by atoms with Gasteiger partial charge in [0.05, 0.1) is 13.2 Å². The van der Waals surface area contributed by atoms with Crippen LogP contribution < -0.4 is 0 Å². The molecule has 0 saturated carbocycles. The highest BCUT2D eigenvalue weighted by Crippen LogP contribution is 2.42. The Hall–Kier alpha value is -2.46. The fourth-order valence-corrected chi connectivity index (χ4v) is 5.22. The minimum absolute atomic E-state index is 0.122. The van der Waals surface area contributed by atoms with Crippen LogP contribution in [0, 0.1) is 0 Å². The minimum Gasteiger partial charge on any atom is -0.426 e. The molecule has 0 aromatic heterocycles. The molecule has 2 heterocycles. The summed E-state index contributed by atoms with van der Waals surface area (Å²) in [4.78, 5) is 23.5. The van der Waals surface area contributed by atoms with Crippen LogP contribution in [-0.2, 0) is 81.9 Å². The topological polar surface area (TPSA) is 126 Å². The van der Waals surface area contributed by atoms with E-state index >= 15 is 0 Å². The molecule has 2 fully saturated rings. The number of carbonyl (C=O) groups excluding carboxylic acids is 2. The van der Waals surface area contributed by atoms with Crippen LogP contribution in [-0.4, -0.2) is 90.0 Å². The Morgan fingerprint density at radius 2 is 1.02 bits per heavy atom. The molecule has 2 aliphatic rings. The van der Waals surface area contributed by atoms with Gasteiger partial charge in [0.2, 0.25) is 11.6 Å². The number of esters is 2. The van der Waals surface area contributed by atoms with Crippen molar-refractivity contribution in [1.29, 1.82) is 0 Å². The third-order valence-electron chi connectivity index (χ3n) is 8.48. The molecule has 12 nitrogen and oxygen atoms in total. The van der Waals surface area contributed by atoms with Crippen molar-refractivity contribution in [2.75, 3.05) is 49.3 Å². The van der Waals surface area contributed by atoms with E-state index in [1.807, 2.05) is 24.3 Å². The average Bonchev–Trinajstić information content (AvgIpc) is 3.08. The highest BCUT2D eigenvalue weighted by molar-refractivity contribution is 9.08. The van der Waals surface area contributed by atoms with E-state index in [9.17, 15) is 9.59 Å². The predicted octanol–water partition coefficient (Wildman–Crippen LogP) is 5.45. The van der Waals surface area contributed by atoms with Crippen molar-refractivity contribution < 1.29 is 57.0 Å². The molecule has 0 bridgehead atoms. The first-order valence-electron chi connectivity index (χ1n) is 15.3. The van der Waals surface area contributed by atoms with Crippen molar-refractivity contribution in [2.24, 2.45) is 0 Å². The molecule has 0 aliphatic carbocycles. The molecule has 4 rings (SSSR count). The Balaban J connectivity index is 0.000000279. The van der Waals surface area contributed by atoms with E-state index in [4.69, 9.17) is 47.4 Å². The largest absolute Gasteiger partial charge is 0.426 e. The lowest BCUT2D eigenvalue weighted by atomic mass is 9.92. The number of alkyl halides is 1. The van der Waals surface area contributed by atoms with Crippen molar-refractivity contribution in [2.45, 2.75) is 88.3 Å². The summed E-state index contributed by atoms with van der Waals surface area (Å²) >= 11 is 3.39. The highest BCUT2D eigenvalue weighted by atomic mass is 79.9. The van der Waals surface area contributed by atoms with Crippen LogP contribution in [0.3, 0.4) is 0 Å². The van der Waals surface area contributed by atoms with Crippen molar-refractivity contribution in [1.82, 2.24) is 0 Å². The number of halogens is 1. The van der Waals surface area contributed by atoms with E-state index in [1.54, 1.807) is 48.8 Å². The summed E-state index contributed by atoms with van der Waals surface area (Å²) in [7, 11) is 9.20. The van der Waals surface area contributed by atoms with Crippen LogP contribution >= 0.6 is 15.9 Å². The minimum atomic E-state index is -1.32. The predicted molar refractivity (Wildman–Crippen MR) is 180 cm³/mol. The van der Waals surface area contributed by atoms with Crippen molar-refractivity contribution >= 4 is 27.9 Å². The van der Waals surface area contributed by atoms with Gasteiger partial charge in [-0.25, -0.2) is 9.59 Å². The molecule has 270 valence electrons. The van der Waals surface area contributed by atoms with Gasteiger partial charge in [-0.05, 0) is 43.0 Å². The molecular weight excluding hydrogens is 692 g/mol. The van der Waals surface area contributed by atoms with E-state index in [-0.39, 0.29) is 6.61 Å². The smallest absolute Gasteiger partial charge is 0.341 e. The van der Waals surface area contributed by atoms with Crippen molar-refractivity contribution in [3.63, 3.8) is 0 Å². The van der Waals surface area contributed by atoms with Crippen LogP contribution in [0.5, 0.6) is 0 Å². The summed E-state index contributed by atoms with van der Waals surface area (Å²) in [6.07, 6.45) is 0.359. The van der Waals surface area contributed by atoms with Gasteiger partial charge >= 0.3 is 11.9 Å². The summed E-state index contributed by atoms with van der Waals surface area (Å²) in [6.45, 7) is 9.38. The standard InChI is InChI=1S/C18H26O6.C9H11BrO.C8H14O5/c1-16(11-13-7-9-14(10-8-13)12-20-4)15(19)23-17(2,21-5)18(3,22-6)24-16;1-11-7-9-4-2-8(6-10)3-5-9;1-7(10-3)8(2,11-4)13-6(9)5-12-7/h7-10H,11-12H2,1-6H3;2-5H,6-7H2,1H3;5H2,1-4H3/t16?,17?,18-;;7-,8?/m1.1/s1. The number of methoxy groups -OCH3 is 6. The number of benzene rings is 2. The number of ether oxygens (including phenoxy) is 10. The van der Waals surface area contributed by atoms with Gasteiger partial charge in [-0.1, -0.05) is 64.5 Å². The summed E-state index contributed by atoms with van der Waals surface area (Å²) in [5, 5.41) is 0.917. The number of carbonyl (C=O) groups is 2. The highest BCUT2D eigenvalue weighted by Gasteiger charge is 2.61. The fourth-order valence-electron chi connectivity index (χ4n) is 4.84. The first kappa shape index (κ1) is 41.7.